The summed E-state index contributed by atoms with van der Waals surface area (Å²) in [5.41, 5.74) is 1.43. The Balaban J connectivity index is 2.67. The number of rotatable bonds is 4. The largest absolute Gasteiger partial charge is 0.478 e. The van der Waals surface area contributed by atoms with Crippen molar-refractivity contribution in [2.45, 2.75) is 13.5 Å². The van der Waals surface area contributed by atoms with E-state index in [0.717, 1.165) is 0 Å². The van der Waals surface area contributed by atoms with Crippen LogP contribution in [0.1, 0.15) is 15.9 Å². The Kier molecular flexibility index (Phi) is 3.66. The van der Waals surface area contributed by atoms with Gasteiger partial charge in [-0.3, -0.25) is 0 Å². The number of carboxylic acids is 1. The van der Waals surface area contributed by atoms with Gasteiger partial charge < -0.3 is 14.8 Å². The number of aromatic carboxylic acids is 1. The molecule has 0 bridgehead atoms. The Morgan fingerprint density at radius 2 is 2.05 bits per heavy atom. The van der Waals surface area contributed by atoms with Crippen LogP contribution in [0.15, 0.2) is 30.5 Å². The van der Waals surface area contributed by atoms with E-state index in [1.807, 2.05) is 0 Å². The highest BCUT2D eigenvalue weighted by molar-refractivity contribution is 5.92. The van der Waals surface area contributed by atoms with Gasteiger partial charge in [-0.15, -0.1) is 0 Å². The molecule has 0 aliphatic carbocycles. The summed E-state index contributed by atoms with van der Waals surface area (Å²) in [6.07, 6.45) is 1.43. The molecule has 0 aliphatic heterocycles. The molecule has 0 spiro atoms. The van der Waals surface area contributed by atoms with Crippen LogP contribution in [0.2, 0.25) is 0 Å². The molecule has 0 amide bonds. The molecule has 1 heterocycles. The molecule has 2 aromatic rings. The third kappa shape index (κ3) is 2.37. The molecule has 0 atom stereocenters. The van der Waals surface area contributed by atoms with E-state index in [1.54, 1.807) is 29.7 Å². The highest BCUT2D eigenvalue weighted by atomic mass is 19.1. The van der Waals surface area contributed by atoms with Crippen LogP contribution in [0, 0.1) is 12.7 Å². The van der Waals surface area contributed by atoms with E-state index in [2.05, 4.69) is 0 Å². The molecule has 5 heteroatoms. The highest BCUT2D eigenvalue weighted by Gasteiger charge is 2.19. The first-order chi connectivity index (χ1) is 9.06. The van der Waals surface area contributed by atoms with Crippen molar-refractivity contribution in [3.8, 4) is 11.3 Å². The second-order valence-electron chi connectivity index (χ2n) is 4.22. The smallest absolute Gasteiger partial charge is 0.337 e. The lowest BCUT2D eigenvalue weighted by Gasteiger charge is -2.09. The summed E-state index contributed by atoms with van der Waals surface area (Å²) < 4.78 is 15.4. The fourth-order valence-corrected chi connectivity index (χ4v) is 2.17. The Labute approximate surface area is 109 Å². The van der Waals surface area contributed by atoms with E-state index < -0.39 is 11.8 Å². The maximum absolute atomic E-state index is 13.9. The quantitative estimate of drug-likeness (QED) is 0.889. The second kappa shape index (κ2) is 5.24. The van der Waals surface area contributed by atoms with Gasteiger partial charge in [0.2, 0.25) is 0 Å². The number of benzene rings is 1. The number of aliphatic hydroxyl groups is 1. The minimum atomic E-state index is -1.06. The van der Waals surface area contributed by atoms with E-state index in [9.17, 15) is 9.18 Å². The molecular formula is C14H14FNO3. The van der Waals surface area contributed by atoms with Crippen molar-refractivity contribution in [2.24, 2.45) is 0 Å². The fraction of sp³-hybridized carbons (Fsp3) is 0.214. The van der Waals surface area contributed by atoms with Crippen LogP contribution >= 0.6 is 0 Å². The van der Waals surface area contributed by atoms with Crippen molar-refractivity contribution < 1.29 is 19.4 Å². The molecule has 2 N–H and O–H groups in total. The average Bonchev–Trinajstić information content (AvgIpc) is 2.68. The summed E-state index contributed by atoms with van der Waals surface area (Å²) in [6.45, 7) is 1.71. The predicted molar refractivity (Wildman–Crippen MR) is 68.6 cm³/mol. The zero-order valence-electron chi connectivity index (χ0n) is 10.4. The van der Waals surface area contributed by atoms with Crippen LogP contribution in [0.25, 0.3) is 11.3 Å². The van der Waals surface area contributed by atoms with Gasteiger partial charge in [0.1, 0.15) is 5.82 Å². The zero-order valence-corrected chi connectivity index (χ0v) is 10.4. The van der Waals surface area contributed by atoms with Crippen LogP contribution in [0.3, 0.4) is 0 Å². The van der Waals surface area contributed by atoms with Crippen molar-refractivity contribution in [3.05, 3.63) is 47.4 Å². The fourth-order valence-electron chi connectivity index (χ4n) is 2.17. The van der Waals surface area contributed by atoms with Crippen LogP contribution < -0.4 is 0 Å². The van der Waals surface area contributed by atoms with Gasteiger partial charge in [0, 0.05) is 18.3 Å². The van der Waals surface area contributed by atoms with E-state index in [4.69, 9.17) is 10.2 Å². The number of aliphatic hydroxyl groups excluding tert-OH is 1. The summed E-state index contributed by atoms with van der Waals surface area (Å²) in [5, 5.41) is 18.2. The van der Waals surface area contributed by atoms with Gasteiger partial charge in [-0.1, -0.05) is 12.1 Å². The maximum Gasteiger partial charge on any atom is 0.337 e. The Morgan fingerprint density at radius 3 is 2.63 bits per heavy atom. The molecule has 1 aromatic carbocycles. The molecule has 2 rings (SSSR count). The second-order valence-corrected chi connectivity index (χ2v) is 4.22. The normalized spacial score (nSPS) is 10.7. The number of aromatic nitrogens is 1. The van der Waals surface area contributed by atoms with Gasteiger partial charge in [-0.25, -0.2) is 9.18 Å². The first-order valence-electron chi connectivity index (χ1n) is 5.85. The Bertz CT molecular complexity index is 619. The van der Waals surface area contributed by atoms with E-state index in [0.29, 0.717) is 16.8 Å². The van der Waals surface area contributed by atoms with Gasteiger partial charge in [0.05, 0.1) is 17.9 Å². The first-order valence-corrected chi connectivity index (χ1v) is 5.85. The van der Waals surface area contributed by atoms with Gasteiger partial charge >= 0.3 is 5.97 Å². The topological polar surface area (TPSA) is 62.5 Å². The molecule has 0 fully saturated rings. The van der Waals surface area contributed by atoms with E-state index in [1.165, 1.54) is 12.3 Å². The van der Waals surface area contributed by atoms with Crippen LogP contribution in [0.4, 0.5) is 4.39 Å². The summed E-state index contributed by atoms with van der Waals surface area (Å²) in [5.74, 6) is -1.48. The highest BCUT2D eigenvalue weighted by Crippen LogP contribution is 2.29. The lowest BCUT2D eigenvalue weighted by Crippen LogP contribution is -2.03. The number of carboxylic acid groups (broad SMARTS) is 1. The monoisotopic (exact) mass is 263 g/mol. The number of carbonyl (C=O) groups is 1. The number of halogens is 1. The SMILES string of the molecule is Cc1c(C(=O)O)cn(CCO)c1-c1ccccc1F. The summed E-state index contributed by atoms with van der Waals surface area (Å²) in [6, 6.07) is 6.18. The first kappa shape index (κ1) is 13.3. The molecule has 0 saturated heterocycles. The Hall–Kier alpha value is -2.14. The van der Waals surface area contributed by atoms with Crippen molar-refractivity contribution in [3.63, 3.8) is 0 Å². The molecule has 1 aromatic heterocycles. The molecule has 100 valence electrons. The van der Waals surface area contributed by atoms with Gasteiger partial charge in [-0.2, -0.15) is 0 Å². The van der Waals surface area contributed by atoms with Gasteiger partial charge in [0.15, 0.2) is 0 Å². The van der Waals surface area contributed by atoms with Crippen molar-refractivity contribution >= 4 is 5.97 Å². The molecule has 0 unspecified atom stereocenters. The summed E-state index contributed by atoms with van der Waals surface area (Å²) in [7, 11) is 0. The summed E-state index contributed by atoms with van der Waals surface area (Å²) >= 11 is 0. The predicted octanol–water partition coefficient (Wildman–Crippen LogP) is 2.29. The maximum atomic E-state index is 13.9. The number of nitrogens with zero attached hydrogens (tertiary/aromatic N) is 1. The van der Waals surface area contributed by atoms with Gasteiger partial charge in [-0.05, 0) is 24.6 Å². The molecule has 4 nitrogen and oxygen atoms in total. The van der Waals surface area contributed by atoms with Gasteiger partial charge in [0.25, 0.3) is 0 Å². The number of hydrogen-bond acceptors (Lipinski definition) is 2. The molecule has 0 radical (unpaired) electrons. The lowest BCUT2D eigenvalue weighted by molar-refractivity contribution is 0.0696. The zero-order chi connectivity index (χ0) is 14.0. The van der Waals surface area contributed by atoms with E-state index >= 15 is 0 Å². The van der Waals surface area contributed by atoms with Crippen LogP contribution in [-0.2, 0) is 6.54 Å². The minimum absolute atomic E-state index is 0.117. The van der Waals surface area contributed by atoms with Crippen molar-refractivity contribution in [1.29, 1.82) is 0 Å². The van der Waals surface area contributed by atoms with Crippen LogP contribution in [-0.4, -0.2) is 27.4 Å². The van der Waals surface area contributed by atoms with Crippen molar-refractivity contribution in [2.75, 3.05) is 6.61 Å². The minimum Gasteiger partial charge on any atom is -0.478 e. The van der Waals surface area contributed by atoms with Crippen molar-refractivity contribution in [1.82, 2.24) is 4.57 Å². The number of hydrogen-bond donors (Lipinski definition) is 2. The molecule has 19 heavy (non-hydrogen) atoms. The third-order valence-corrected chi connectivity index (χ3v) is 3.03. The standard InChI is InChI=1S/C14H14FNO3/c1-9-11(14(18)19)8-16(6-7-17)13(9)10-4-2-3-5-12(10)15/h2-5,8,17H,6-7H2,1H3,(H,18,19). The summed E-state index contributed by atoms with van der Waals surface area (Å²) in [4.78, 5) is 11.1. The lowest BCUT2D eigenvalue weighted by atomic mass is 10.1. The third-order valence-electron chi connectivity index (χ3n) is 3.03. The molecular weight excluding hydrogens is 249 g/mol. The molecule has 0 saturated carbocycles. The molecule has 0 aliphatic rings. The van der Waals surface area contributed by atoms with E-state index in [-0.39, 0.29) is 18.7 Å². The average molecular weight is 263 g/mol. The van der Waals surface area contributed by atoms with Crippen LogP contribution in [0.5, 0.6) is 0 Å². The Morgan fingerprint density at radius 1 is 1.37 bits per heavy atom.